The molecule has 4 rings (SSSR count). The number of carbonyl (C=O) groups is 3. The second-order valence-corrected chi connectivity index (χ2v) is 11.0. The Morgan fingerprint density at radius 1 is 1.23 bits per heavy atom. The van der Waals surface area contributed by atoms with Crippen LogP contribution in [0.25, 0.3) is 0 Å². The number of nitrogens with zero attached hydrogens (tertiary/aromatic N) is 3. The first-order valence-corrected chi connectivity index (χ1v) is 14.0. The minimum atomic E-state index is -0.778. The van der Waals surface area contributed by atoms with Crippen LogP contribution in [0.1, 0.15) is 19.4 Å². The van der Waals surface area contributed by atoms with Crippen LogP contribution < -0.4 is 9.30 Å². The van der Waals surface area contributed by atoms with E-state index in [1.165, 1.54) is 17.1 Å². The fourth-order valence-corrected chi connectivity index (χ4v) is 5.62. The van der Waals surface area contributed by atoms with Crippen LogP contribution >= 0.6 is 22.6 Å². The number of ether oxygens (including phenoxy) is 2. The van der Waals surface area contributed by atoms with Gasteiger partial charge in [-0.3, -0.25) is 9.68 Å². The molecule has 11 heteroatoms. The van der Waals surface area contributed by atoms with Crippen LogP contribution in [0.15, 0.2) is 73.5 Å². The maximum Gasteiger partial charge on any atom is 0.355 e. The number of halogens is 1. The Hall–Kier alpha value is -3.45. The number of amides is 1. The first-order valence-electron chi connectivity index (χ1n) is 12.9. The predicted octanol–water partition coefficient (Wildman–Crippen LogP) is 3.10. The molecule has 40 heavy (non-hydrogen) atoms. The van der Waals surface area contributed by atoms with Crippen molar-refractivity contribution in [2.75, 3.05) is 19.8 Å². The van der Waals surface area contributed by atoms with Crippen LogP contribution in [-0.2, 0) is 42.5 Å². The Kier molecular flexibility index (Phi) is 9.46. The van der Waals surface area contributed by atoms with Crippen molar-refractivity contribution < 1.29 is 38.2 Å². The van der Waals surface area contributed by atoms with E-state index in [1.54, 1.807) is 6.92 Å². The van der Waals surface area contributed by atoms with Crippen molar-refractivity contribution in [2.24, 2.45) is 24.8 Å². The zero-order valence-corrected chi connectivity index (χ0v) is 24.9. The van der Waals surface area contributed by atoms with Gasteiger partial charge in [-0.15, -0.1) is 6.58 Å². The van der Waals surface area contributed by atoms with Crippen LogP contribution in [0.4, 0.5) is 0 Å². The third-order valence-electron chi connectivity index (χ3n) is 7.13. The fourth-order valence-electron chi connectivity index (χ4n) is 5.13. The molecular weight excluding hydrogens is 629 g/mol. The summed E-state index contributed by atoms with van der Waals surface area (Å²) >= 11 is 2.21. The van der Waals surface area contributed by atoms with Gasteiger partial charge < -0.3 is 14.4 Å². The number of rotatable bonds is 13. The molecule has 1 amide bonds. The molecule has 0 bridgehead atoms. The number of fused-ring (bicyclic) bond motifs is 1. The summed E-state index contributed by atoms with van der Waals surface area (Å²) in [6, 6.07) is 5.58. The fraction of sp³-hybridized carbons (Fsp3) is 0.379. The van der Waals surface area contributed by atoms with E-state index in [1.807, 2.05) is 55.5 Å². The van der Waals surface area contributed by atoms with Gasteiger partial charge in [0.2, 0.25) is 12.2 Å². The second kappa shape index (κ2) is 12.8. The van der Waals surface area contributed by atoms with Gasteiger partial charge in [0, 0.05) is 11.5 Å². The highest BCUT2D eigenvalue weighted by atomic mass is 127. The standard InChI is InChI=1S/C29H33IN3O7/c1-6-12-37-29(36)26-21(16-38-23-14-20(8-9-22(23)30)15-32-11-10-31(5)17-32)18(3)25-24(27(34)33(25)26)19(4)28(35)40-39-13-7-2/h6-11,14,17-19,24-25H,1-2,12-13,15-16H2,3-5H3/q+1/t18-,19?,24?,25?/m0/s1. The molecule has 1 aromatic heterocycles. The van der Waals surface area contributed by atoms with E-state index in [2.05, 4.69) is 40.3 Å². The average Bonchev–Trinajstić information content (AvgIpc) is 3.45. The highest BCUT2D eigenvalue weighted by Crippen LogP contribution is 2.49. The summed E-state index contributed by atoms with van der Waals surface area (Å²) < 4.78 is 16.5. The second-order valence-electron chi connectivity index (χ2n) is 9.84. The van der Waals surface area contributed by atoms with E-state index < -0.39 is 29.8 Å². The first kappa shape index (κ1) is 29.5. The van der Waals surface area contributed by atoms with Gasteiger partial charge in [-0.25, -0.2) is 18.7 Å². The monoisotopic (exact) mass is 662 g/mol. The minimum absolute atomic E-state index is 0.00143. The third-order valence-corrected chi connectivity index (χ3v) is 8.02. The van der Waals surface area contributed by atoms with Gasteiger partial charge in [0.25, 0.3) is 0 Å². The van der Waals surface area contributed by atoms with Crippen LogP contribution in [0, 0.1) is 21.3 Å². The van der Waals surface area contributed by atoms with Gasteiger partial charge in [0.05, 0.1) is 28.5 Å². The van der Waals surface area contributed by atoms with Crippen molar-refractivity contribution in [1.29, 1.82) is 0 Å². The molecule has 0 spiro atoms. The number of esters is 1. The third kappa shape index (κ3) is 5.99. The van der Waals surface area contributed by atoms with E-state index in [4.69, 9.17) is 19.2 Å². The number of carbonyl (C=O) groups excluding carboxylic acids is 3. The lowest BCUT2D eigenvalue weighted by molar-refractivity contribution is -0.671. The molecule has 2 aliphatic heterocycles. The Morgan fingerprint density at radius 2 is 1.98 bits per heavy atom. The normalized spacial score (nSPS) is 20.4. The quantitative estimate of drug-likeness (QED) is 0.0476. The van der Waals surface area contributed by atoms with Gasteiger partial charge in [-0.05, 0) is 40.3 Å². The summed E-state index contributed by atoms with van der Waals surface area (Å²) in [7, 11) is 1.96. The van der Waals surface area contributed by atoms with E-state index >= 15 is 0 Å². The molecule has 2 aliphatic rings. The zero-order chi connectivity index (χ0) is 29.0. The highest BCUT2D eigenvalue weighted by Gasteiger charge is 2.61. The van der Waals surface area contributed by atoms with Crippen molar-refractivity contribution in [3.05, 3.63) is 82.6 Å². The van der Waals surface area contributed by atoms with Crippen molar-refractivity contribution in [2.45, 2.75) is 26.4 Å². The van der Waals surface area contributed by atoms with Gasteiger partial charge in [-0.2, -0.15) is 4.89 Å². The van der Waals surface area contributed by atoms with Crippen molar-refractivity contribution >= 4 is 40.4 Å². The average molecular weight is 663 g/mol. The van der Waals surface area contributed by atoms with Crippen LogP contribution in [0.3, 0.4) is 0 Å². The number of imidazole rings is 1. The number of aromatic nitrogens is 2. The molecule has 4 atom stereocenters. The molecule has 3 unspecified atom stereocenters. The van der Waals surface area contributed by atoms with Gasteiger partial charge >= 0.3 is 11.9 Å². The summed E-state index contributed by atoms with van der Waals surface area (Å²) in [5.41, 5.74) is 1.85. The summed E-state index contributed by atoms with van der Waals surface area (Å²) in [6.45, 7) is 11.4. The number of benzene rings is 1. The molecule has 10 nitrogen and oxygen atoms in total. The number of hydrogen-bond acceptors (Lipinski definition) is 7. The van der Waals surface area contributed by atoms with Crippen molar-refractivity contribution in [1.82, 2.24) is 9.47 Å². The van der Waals surface area contributed by atoms with E-state index in [-0.39, 0.29) is 37.3 Å². The van der Waals surface area contributed by atoms with E-state index in [9.17, 15) is 14.4 Å². The van der Waals surface area contributed by atoms with Crippen molar-refractivity contribution in [3.63, 3.8) is 0 Å². The van der Waals surface area contributed by atoms with E-state index in [0.29, 0.717) is 17.9 Å². The summed E-state index contributed by atoms with van der Waals surface area (Å²) in [6.07, 6.45) is 8.86. The topological polar surface area (TPSA) is 100 Å². The minimum Gasteiger partial charge on any atom is -0.488 e. The van der Waals surface area contributed by atoms with Gasteiger partial charge in [-0.1, -0.05) is 38.6 Å². The van der Waals surface area contributed by atoms with Gasteiger partial charge in [0.1, 0.15) is 50.2 Å². The lowest BCUT2D eigenvalue weighted by Gasteiger charge is -2.47. The molecule has 2 aromatic rings. The summed E-state index contributed by atoms with van der Waals surface area (Å²) in [4.78, 5) is 50.0. The Bertz CT molecular complexity index is 1350. The van der Waals surface area contributed by atoms with Crippen LogP contribution in [0.2, 0.25) is 0 Å². The highest BCUT2D eigenvalue weighted by molar-refractivity contribution is 14.1. The molecule has 0 N–H and O–H groups in total. The Balaban J connectivity index is 1.55. The number of aryl methyl sites for hydroxylation is 1. The number of hydrogen-bond donors (Lipinski definition) is 0. The maximum absolute atomic E-state index is 13.3. The molecule has 0 saturated carbocycles. The van der Waals surface area contributed by atoms with Crippen molar-refractivity contribution in [3.8, 4) is 5.75 Å². The molecule has 212 valence electrons. The molecule has 1 saturated heterocycles. The Labute approximate surface area is 246 Å². The largest absolute Gasteiger partial charge is 0.488 e. The van der Waals surface area contributed by atoms with E-state index in [0.717, 1.165) is 9.13 Å². The molecular formula is C29H33IN3O7+. The lowest BCUT2D eigenvalue weighted by Crippen LogP contribution is -2.63. The molecule has 1 aromatic carbocycles. The maximum atomic E-state index is 13.3. The molecule has 0 aliphatic carbocycles. The van der Waals surface area contributed by atoms with Crippen LogP contribution in [0.5, 0.6) is 5.75 Å². The summed E-state index contributed by atoms with van der Waals surface area (Å²) in [5.74, 6) is -2.69. The lowest BCUT2D eigenvalue weighted by atomic mass is 9.74. The van der Waals surface area contributed by atoms with Gasteiger partial charge in [0.15, 0.2) is 0 Å². The zero-order valence-electron chi connectivity index (χ0n) is 22.7. The Morgan fingerprint density at radius 3 is 2.65 bits per heavy atom. The SMILES string of the molecule is C=CCOOC(=O)C(C)C1C(=O)N2C(C(=O)OCC=C)=C(COc3cc(Cn4cc[n+](C)c4)ccc3I)[C@H](C)C12. The van der Waals surface area contributed by atoms with Crippen LogP contribution in [-0.4, -0.2) is 53.2 Å². The summed E-state index contributed by atoms with van der Waals surface area (Å²) in [5, 5.41) is 0. The molecule has 1 fully saturated rings. The number of β-lactam (4-membered cyclic amide) rings is 1. The molecule has 3 heterocycles. The molecule has 0 radical (unpaired) electrons. The smallest absolute Gasteiger partial charge is 0.355 e. The predicted molar refractivity (Wildman–Crippen MR) is 152 cm³/mol. The first-order chi connectivity index (χ1) is 19.2.